The van der Waals surface area contributed by atoms with Crippen LogP contribution in [0.2, 0.25) is 5.02 Å². The molecule has 1 aliphatic heterocycles. The highest BCUT2D eigenvalue weighted by Crippen LogP contribution is 2.49. The fraction of sp³-hybridized carbons (Fsp3) is 0.500. The molecule has 1 aliphatic rings. The smallest absolute Gasteiger partial charge is 0.275 e. The second-order valence-electron chi connectivity index (χ2n) is 10.6. The number of halogens is 1. The lowest BCUT2D eigenvalue weighted by Crippen LogP contribution is -2.59. The Morgan fingerprint density at radius 1 is 1.20 bits per heavy atom. The maximum Gasteiger partial charge on any atom is 0.275 e. The van der Waals surface area contributed by atoms with Crippen molar-refractivity contribution in [2.45, 2.75) is 51.1 Å². The third-order valence-electron chi connectivity index (χ3n) is 6.85. The molecule has 2 aromatic carbocycles. The molecule has 12 heteroatoms. The van der Waals surface area contributed by atoms with E-state index in [2.05, 4.69) is 0 Å². The summed E-state index contributed by atoms with van der Waals surface area (Å²) in [6.07, 6.45) is -1.42. The van der Waals surface area contributed by atoms with Gasteiger partial charge in [-0.2, -0.15) is 0 Å². The topological polar surface area (TPSA) is 145 Å². The van der Waals surface area contributed by atoms with Gasteiger partial charge in [-0.3, -0.25) is 9.59 Å². The normalized spacial score (nSPS) is 19.6. The quantitative estimate of drug-likeness (QED) is 0.378. The Morgan fingerprint density at radius 2 is 1.90 bits per heavy atom. The summed E-state index contributed by atoms with van der Waals surface area (Å²) in [6.45, 7) is 4.87. The van der Waals surface area contributed by atoms with E-state index in [-0.39, 0.29) is 25.3 Å². The number of nitrogens with two attached hydrogens (primary N) is 1. The van der Waals surface area contributed by atoms with Crippen LogP contribution in [0.25, 0.3) is 0 Å². The van der Waals surface area contributed by atoms with E-state index in [9.17, 15) is 23.1 Å². The fourth-order valence-corrected chi connectivity index (χ4v) is 6.91. The number of hydrogen-bond donors (Lipinski definition) is 2. The van der Waals surface area contributed by atoms with E-state index in [0.29, 0.717) is 34.0 Å². The maximum absolute atomic E-state index is 14.6. The molecule has 0 aromatic heterocycles. The number of carbonyl (C=O) groups excluding carboxylic acids is 2. The van der Waals surface area contributed by atoms with Gasteiger partial charge in [0.05, 0.1) is 32.1 Å². The van der Waals surface area contributed by atoms with Crippen molar-refractivity contribution < 1.29 is 37.3 Å². The van der Waals surface area contributed by atoms with E-state index in [0.717, 1.165) is 0 Å². The number of nitrogens with zero attached hydrogens (tertiary/aromatic N) is 1. The van der Waals surface area contributed by atoms with Gasteiger partial charge in [0.2, 0.25) is 5.91 Å². The van der Waals surface area contributed by atoms with Crippen LogP contribution in [-0.2, 0) is 24.2 Å². The minimum atomic E-state index is -4.46. The van der Waals surface area contributed by atoms with Gasteiger partial charge >= 0.3 is 0 Å². The Balaban J connectivity index is 2.48. The predicted molar refractivity (Wildman–Crippen MR) is 152 cm³/mol. The molecule has 1 heterocycles. The van der Waals surface area contributed by atoms with Gasteiger partial charge in [0.15, 0.2) is 21.3 Å². The summed E-state index contributed by atoms with van der Waals surface area (Å²) in [5.74, 6) is -1.84. The first-order valence-corrected chi connectivity index (χ1v) is 14.9. The molecule has 10 nitrogen and oxygen atoms in total. The van der Waals surface area contributed by atoms with Crippen LogP contribution in [0, 0.1) is 5.41 Å². The lowest BCUT2D eigenvalue weighted by molar-refractivity contribution is -0.142. The molecule has 0 aliphatic carbocycles. The number of amides is 2. The highest BCUT2D eigenvalue weighted by molar-refractivity contribution is 7.93. The number of aliphatic hydroxyl groups excluding tert-OH is 1. The minimum Gasteiger partial charge on any atom is -0.493 e. The number of rotatable bonds is 12. The van der Waals surface area contributed by atoms with Crippen LogP contribution in [0.1, 0.15) is 57.3 Å². The number of anilines is 1. The van der Waals surface area contributed by atoms with Crippen molar-refractivity contribution in [1.29, 1.82) is 0 Å². The van der Waals surface area contributed by atoms with E-state index in [4.69, 9.17) is 31.5 Å². The van der Waals surface area contributed by atoms with Crippen LogP contribution in [0.3, 0.4) is 0 Å². The average Bonchev–Trinajstić information content (AvgIpc) is 3.00. The van der Waals surface area contributed by atoms with Crippen LogP contribution in [-0.4, -0.2) is 63.4 Å². The SMILES string of the molecule is CCCCS(=O)(=O)[C@@]1(CC(N)=O)O[C@H](c2cccc(OC)c2OC)c2cc(Cl)ccc2N(CC(C)(C)CO)C1=O. The summed E-state index contributed by atoms with van der Waals surface area (Å²) in [4.78, 5) is 25.6. The standard InChI is InChI=1S/C28H37ClN2O8S/c1-6-7-13-40(35,36)28(15-23(30)33)26(34)31(16-27(2,3)17-32)21-12-11-18(29)14-20(21)24(39-28)19-9-8-10-22(37-4)25(19)38-5/h8-12,14,24,32H,6-7,13,15-17H2,1-5H3,(H2,30,33)/t24-,28-/m1/s1. The number of carbonyl (C=O) groups is 2. The van der Waals surface area contributed by atoms with Crippen molar-refractivity contribution in [2.75, 3.05) is 38.0 Å². The Bertz CT molecular complexity index is 1360. The molecule has 0 saturated carbocycles. The number of hydrogen-bond acceptors (Lipinski definition) is 8. The number of methoxy groups -OCH3 is 2. The molecule has 2 amide bonds. The largest absolute Gasteiger partial charge is 0.493 e. The molecule has 3 rings (SSSR count). The van der Waals surface area contributed by atoms with E-state index in [1.54, 1.807) is 50.2 Å². The average molecular weight is 597 g/mol. The van der Waals surface area contributed by atoms with Crippen molar-refractivity contribution in [3.63, 3.8) is 0 Å². The second kappa shape index (κ2) is 12.3. The fourth-order valence-electron chi connectivity index (χ4n) is 4.75. The van der Waals surface area contributed by atoms with Crippen LogP contribution in [0.4, 0.5) is 5.69 Å². The number of sulfone groups is 1. The molecule has 0 radical (unpaired) electrons. The molecule has 220 valence electrons. The lowest BCUT2D eigenvalue weighted by Gasteiger charge is -2.37. The van der Waals surface area contributed by atoms with Crippen molar-refractivity contribution >= 4 is 38.9 Å². The summed E-state index contributed by atoms with van der Waals surface area (Å²) >= 11 is 6.43. The van der Waals surface area contributed by atoms with E-state index in [1.807, 2.05) is 6.92 Å². The van der Waals surface area contributed by atoms with Crippen molar-refractivity contribution in [3.05, 3.63) is 52.5 Å². The molecule has 0 spiro atoms. The van der Waals surface area contributed by atoms with E-state index in [1.165, 1.54) is 19.1 Å². The van der Waals surface area contributed by atoms with Gasteiger partial charge in [-0.25, -0.2) is 8.42 Å². The molecule has 2 atom stereocenters. The Labute approximate surface area is 240 Å². The van der Waals surface area contributed by atoms with Crippen LogP contribution < -0.4 is 20.1 Å². The molecule has 40 heavy (non-hydrogen) atoms. The van der Waals surface area contributed by atoms with Gasteiger partial charge in [0.1, 0.15) is 6.10 Å². The number of benzene rings is 2. The minimum absolute atomic E-state index is 0.0912. The third kappa shape index (κ3) is 6.07. The van der Waals surface area contributed by atoms with Crippen molar-refractivity contribution in [2.24, 2.45) is 11.1 Å². The number of aliphatic hydroxyl groups is 1. The molecule has 0 saturated heterocycles. The summed E-state index contributed by atoms with van der Waals surface area (Å²) < 4.78 is 45.8. The first-order chi connectivity index (χ1) is 18.8. The van der Waals surface area contributed by atoms with Crippen molar-refractivity contribution in [3.8, 4) is 11.5 Å². The molecular weight excluding hydrogens is 560 g/mol. The zero-order chi connectivity index (χ0) is 29.9. The Morgan fingerprint density at radius 3 is 2.48 bits per heavy atom. The number of para-hydroxylation sites is 1. The van der Waals surface area contributed by atoms with E-state index < -0.39 is 50.3 Å². The zero-order valence-corrected chi connectivity index (χ0v) is 25.0. The number of primary amides is 1. The highest BCUT2D eigenvalue weighted by atomic mass is 35.5. The maximum atomic E-state index is 14.6. The Kier molecular flexibility index (Phi) is 9.77. The molecule has 0 bridgehead atoms. The first-order valence-electron chi connectivity index (χ1n) is 12.9. The predicted octanol–water partition coefficient (Wildman–Crippen LogP) is 3.61. The number of unbranched alkanes of at least 4 members (excludes halogenated alkanes) is 1. The second-order valence-corrected chi connectivity index (χ2v) is 13.3. The van der Waals surface area contributed by atoms with Crippen LogP contribution in [0.15, 0.2) is 36.4 Å². The number of ether oxygens (including phenoxy) is 3. The van der Waals surface area contributed by atoms with Gasteiger partial charge in [-0.15, -0.1) is 0 Å². The van der Waals surface area contributed by atoms with Crippen LogP contribution >= 0.6 is 11.6 Å². The summed E-state index contributed by atoms with van der Waals surface area (Å²) in [5.41, 5.74) is 5.76. The molecular formula is C28H37ClN2O8S. The lowest BCUT2D eigenvalue weighted by atomic mass is 9.92. The van der Waals surface area contributed by atoms with Gasteiger partial charge in [-0.05, 0) is 30.7 Å². The first kappa shape index (κ1) is 31.7. The van der Waals surface area contributed by atoms with E-state index >= 15 is 0 Å². The van der Waals surface area contributed by atoms with Gasteiger partial charge in [-0.1, -0.05) is 50.9 Å². The molecule has 3 N–H and O–H groups in total. The monoisotopic (exact) mass is 596 g/mol. The van der Waals surface area contributed by atoms with Crippen molar-refractivity contribution in [1.82, 2.24) is 0 Å². The van der Waals surface area contributed by atoms with Gasteiger partial charge < -0.3 is 30.0 Å². The van der Waals surface area contributed by atoms with Gasteiger partial charge in [0.25, 0.3) is 10.8 Å². The molecule has 0 unspecified atom stereocenters. The zero-order valence-electron chi connectivity index (χ0n) is 23.4. The summed E-state index contributed by atoms with van der Waals surface area (Å²) in [6, 6.07) is 9.72. The molecule has 0 fully saturated rings. The van der Waals surface area contributed by atoms with Crippen LogP contribution in [0.5, 0.6) is 11.5 Å². The highest BCUT2D eigenvalue weighted by Gasteiger charge is 2.59. The number of fused-ring (bicyclic) bond motifs is 1. The third-order valence-corrected chi connectivity index (χ3v) is 9.33. The Hall–Kier alpha value is -2.86. The summed E-state index contributed by atoms with van der Waals surface area (Å²) in [7, 11) is -1.58. The van der Waals surface area contributed by atoms with Gasteiger partial charge in [0, 0.05) is 34.7 Å². The summed E-state index contributed by atoms with van der Waals surface area (Å²) in [5, 5.41) is 10.4. The molecule has 2 aromatic rings.